The largest absolute Gasteiger partial charge is 0.456 e. The van der Waals surface area contributed by atoms with Crippen LogP contribution in [0.2, 0.25) is 0 Å². The van der Waals surface area contributed by atoms with Crippen molar-refractivity contribution in [1.29, 1.82) is 0 Å². The van der Waals surface area contributed by atoms with Crippen molar-refractivity contribution >= 4 is 110 Å². The summed E-state index contributed by atoms with van der Waals surface area (Å²) in [4.78, 5) is 21.6. The van der Waals surface area contributed by atoms with Gasteiger partial charge in [0, 0.05) is 69.0 Å². The number of hydrogen-bond donors (Lipinski definition) is 0. The van der Waals surface area contributed by atoms with E-state index in [9.17, 15) is 0 Å². The molecule has 10 aromatic heterocycles. The van der Waals surface area contributed by atoms with E-state index in [0.29, 0.717) is 0 Å². The highest BCUT2D eigenvalue weighted by molar-refractivity contribution is 6.07. The second kappa shape index (κ2) is 18.5. The number of fused-ring (bicyclic) bond motifs is 15. The van der Waals surface area contributed by atoms with Crippen LogP contribution in [0.15, 0.2) is 205 Å². The summed E-state index contributed by atoms with van der Waals surface area (Å²) in [6.07, 6.45) is 9.08. The van der Waals surface area contributed by atoms with Crippen LogP contribution in [0.1, 0.15) is 27.9 Å². The smallest absolute Gasteiger partial charge is 0.156 e. The number of rotatable bonds is 0. The maximum absolute atomic E-state index is 5.74. The summed E-state index contributed by atoms with van der Waals surface area (Å²) in [5, 5.41) is 6.63. The quantitative estimate of drug-likeness (QED) is 0.145. The fourth-order valence-corrected chi connectivity index (χ4v) is 8.70. The fraction of sp³-hybridized carbons (Fsp3) is 0.0833. The third-order valence-electron chi connectivity index (χ3n) is 12.1. The van der Waals surface area contributed by atoms with Gasteiger partial charge in [0.1, 0.15) is 55.6 Å². The zero-order chi connectivity index (χ0) is 47.7. The molecule has 0 bridgehead atoms. The second-order valence-corrected chi connectivity index (χ2v) is 17.1. The Morgan fingerprint density at radius 3 is 1.70 bits per heavy atom. The van der Waals surface area contributed by atoms with E-state index in [1.165, 1.54) is 11.1 Å². The molecule has 0 N–H and O–H groups in total. The number of aromatic nitrogens is 5. The van der Waals surface area contributed by atoms with Crippen molar-refractivity contribution in [3.05, 3.63) is 211 Å². The lowest BCUT2D eigenvalue weighted by atomic mass is 10.1. The molecule has 0 aliphatic carbocycles. The number of nitrogens with zero attached hydrogens (tertiary/aromatic N) is 5. The standard InChI is InChI=1S/5C12H9NO/c1-8-4-2-5-9-11(8)12-10(14-9)6-3-7-13-12;1-8-3-2-4-9-10-7-13-6-5-11(10)14-12(8)9;1-8-6-11-12(13-7-8)9-4-2-3-5-10(9)14-11;1-8-6-7-13-11-9-4-2-3-5-10(9)14-12(8)11;1-8-6-7-11-12(13-8)9-4-2-3-5-10(9)14-11/h5*2-7H,1H3. The molecule has 15 aromatic rings. The Morgan fingerprint density at radius 1 is 0.329 bits per heavy atom. The Bertz CT molecular complexity index is 4200. The maximum Gasteiger partial charge on any atom is 0.156 e. The summed E-state index contributed by atoms with van der Waals surface area (Å²) in [6.45, 7) is 10.2. The minimum absolute atomic E-state index is 0.858. The van der Waals surface area contributed by atoms with Crippen LogP contribution < -0.4 is 0 Å². The highest BCUT2D eigenvalue weighted by atomic mass is 16.3. The molecular weight excluding hydrogens is 871 g/mol. The van der Waals surface area contributed by atoms with Gasteiger partial charge >= 0.3 is 0 Å². The minimum Gasteiger partial charge on any atom is -0.456 e. The Balaban J connectivity index is 0.0000000952. The topological polar surface area (TPSA) is 130 Å². The van der Waals surface area contributed by atoms with Gasteiger partial charge in [0.05, 0.1) is 0 Å². The summed E-state index contributed by atoms with van der Waals surface area (Å²) >= 11 is 0. The number of benzene rings is 5. The Labute approximate surface area is 400 Å². The maximum atomic E-state index is 5.74. The van der Waals surface area contributed by atoms with Gasteiger partial charge in [-0.2, -0.15) is 0 Å². The van der Waals surface area contributed by atoms with Gasteiger partial charge in [-0.3, -0.25) is 19.9 Å². The number of furan rings is 5. The van der Waals surface area contributed by atoms with E-state index in [1.54, 1.807) is 12.4 Å². The van der Waals surface area contributed by atoms with E-state index in [0.717, 1.165) is 127 Å². The molecule has 0 saturated carbocycles. The summed E-state index contributed by atoms with van der Waals surface area (Å²) in [5.74, 6) is 0. The van der Waals surface area contributed by atoms with Gasteiger partial charge in [0.15, 0.2) is 22.3 Å². The monoisotopic (exact) mass is 915 g/mol. The summed E-state index contributed by atoms with van der Waals surface area (Å²) in [5.41, 5.74) is 18.5. The number of aryl methyl sites for hydroxylation is 5. The zero-order valence-corrected chi connectivity index (χ0v) is 39.1. The van der Waals surface area contributed by atoms with Gasteiger partial charge in [-0.05, 0) is 142 Å². The van der Waals surface area contributed by atoms with Gasteiger partial charge in [0.2, 0.25) is 0 Å². The molecule has 0 saturated heterocycles. The Hall–Kier alpha value is -9.15. The average Bonchev–Trinajstić information content (AvgIpc) is 4.22. The first-order chi connectivity index (χ1) is 34.3. The van der Waals surface area contributed by atoms with E-state index in [2.05, 4.69) is 57.0 Å². The molecule has 0 spiro atoms. The van der Waals surface area contributed by atoms with Crippen molar-refractivity contribution < 1.29 is 22.1 Å². The van der Waals surface area contributed by atoms with Crippen molar-refractivity contribution in [2.24, 2.45) is 0 Å². The van der Waals surface area contributed by atoms with Gasteiger partial charge < -0.3 is 22.1 Å². The summed E-state index contributed by atoms with van der Waals surface area (Å²) in [7, 11) is 0. The van der Waals surface area contributed by atoms with E-state index >= 15 is 0 Å². The van der Waals surface area contributed by atoms with E-state index in [-0.39, 0.29) is 0 Å². The van der Waals surface area contributed by atoms with Crippen LogP contribution in [0.25, 0.3) is 110 Å². The van der Waals surface area contributed by atoms with Gasteiger partial charge in [-0.25, -0.2) is 4.98 Å². The first-order valence-corrected chi connectivity index (χ1v) is 22.9. The first-order valence-electron chi connectivity index (χ1n) is 22.9. The lowest BCUT2D eigenvalue weighted by Gasteiger charge is -1.92. The molecule has 10 heteroatoms. The first kappa shape index (κ1) is 43.4. The normalized spacial score (nSPS) is 11.2. The fourth-order valence-electron chi connectivity index (χ4n) is 8.70. The van der Waals surface area contributed by atoms with Crippen LogP contribution in [0.5, 0.6) is 0 Å². The van der Waals surface area contributed by atoms with Crippen LogP contribution >= 0.6 is 0 Å². The second-order valence-electron chi connectivity index (χ2n) is 17.1. The summed E-state index contributed by atoms with van der Waals surface area (Å²) < 4.78 is 28.5. The SMILES string of the molecule is Cc1ccc2oc3ccccc3c2n1.Cc1cccc2c1oc1ccncc12.Cc1cccc2oc3cccnc3c12.Cc1ccnc2c1oc1ccccc12.Cc1cnc2c(c1)oc1ccccc12. The van der Waals surface area contributed by atoms with Crippen molar-refractivity contribution in [2.75, 3.05) is 0 Å². The molecule has 70 heavy (non-hydrogen) atoms. The van der Waals surface area contributed by atoms with E-state index in [1.807, 2.05) is 173 Å². The molecule has 0 amide bonds. The lowest BCUT2D eigenvalue weighted by Crippen LogP contribution is -1.78. The molecule has 10 heterocycles. The van der Waals surface area contributed by atoms with Crippen molar-refractivity contribution in [3.63, 3.8) is 0 Å². The van der Waals surface area contributed by atoms with Gasteiger partial charge in [-0.1, -0.05) is 66.7 Å². The molecule has 10 nitrogen and oxygen atoms in total. The third-order valence-corrected chi connectivity index (χ3v) is 12.1. The zero-order valence-electron chi connectivity index (χ0n) is 39.1. The lowest BCUT2D eigenvalue weighted by molar-refractivity contribution is 0.664. The molecule has 0 atom stereocenters. The van der Waals surface area contributed by atoms with Crippen LogP contribution in [0.4, 0.5) is 0 Å². The van der Waals surface area contributed by atoms with Crippen LogP contribution in [0.3, 0.4) is 0 Å². The summed E-state index contributed by atoms with van der Waals surface area (Å²) in [6, 6.07) is 49.8. The highest BCUT2D eigenvalue weighted by Crippen LogP contribution is 2.32. The molecule has 0 radical (unpaired) electrons. The molecule has 0 aliphatic rings. The Morgan fingerprint density at radius 2 is 0.900 bits per heavy atom. The number of hydrogen-bond acceptors (Lipinski definition) is 10. The predicted molar refractivity (Wildman–Crippen MR) is 281 cm³/mol. The minimum atomic E-state index is 0.858. The molecule has 5 aromatic carbocycles. The molecular formula is C60H45N5O5. The van der Waals surface area contributed by atoms with E-state index < -0.39 is 0 Å². The predicted octanol–water partition coefficient (Wildman–Crippen LogP) is 16.4. The highest BCUT2D eigenvalue weighted by Gasteiger charge is 2.11. The third kappa shape index (κ3) is 8.32. The number of pyridine rings is 5. The van der Waals surface area contributed by atoms with Crippen LogP contribution in [-0.2, 0) is 0 Å². The molecule has 15 rings (SSSR count). The average molecular weight is 916 g/mol. The molecule has 0 aliphatic heterocycles. The molecule has 340 valence electrons. The van der Waals surface area contributed by atoms with Crippen LogP contribution in [-0.4, -0.2) is 24.9 Å². The molecule has 0 fully saturated rings. The Kier molecular flexibility index (Phi) is 11.5. The van der Waals surface area contributed by atoms with Crippen molar-refractivity contribution in [3.8, 4) is 0 Å². The van der Waals surface area contributed by atoms with Crippen molar-refractivity contribution in [1.82, 2.24) is 24.9 Å². The van der Waals surface area contributed by atoms with E-state index in [4.69, 9.17) is 22.1 Å². The molecule has 0 unspecified atom stereocenters. The number of para-hydroxylation sites is 4. The van der Waals surface area contributed by atoms with Gasteiger partial charge in [-0.15, -0.1) is 0 Å². The van der Waals surface area contributed by atoms with Crippen molar-refractivity contribution in [2.45, 2.75) is 34.6 Å². The van der Waals surface area contributed by atoms with Crippen LogP contribution in [0, 0.1) is 34.6 Å². The van der Waals surface area contributed by atoms with Gasteiger partial charge in [0.25, 0.3) is 0 Å².